The summed E-state index contributed by atoms with van der Waals surface area (Å²) in [5.41, 5.74) is 0.687. The Morgan fingerprint density at radius 3 is 3.08 bits per heavy atom. The standard InChI is InChI=1S/C7H9N2O3/c1-6-3-2-4-7(8-6)5-12-9(10)11/h2-4,8H,5H2,1H3. The summed E-state index contributed by atoms with van der Waals surface area (Å²) < 4.78 is 0. The highest BCUT2D eigenvalue weighted by molar-refractivity contribution is 5.25. The molecular formula is C7H9N2O3. The van der Waals surface area contributed by atoms with Gasteiger partial charge in [-0.3, -0.25) is 0 Å². The highest BCUT2D eigenvalue weighted by Crippen LogP contribution is 2.06. The molecule has 0 saturated carbocycles. The molecule has 0 bridgehead atoms. The predicted octanol–water partition coefficient (Wildman–Crippen LogP) is 0.790. The van der Waals surface area contributed by atoms with E-state index in [1.165, 1.54) is 0 Å². The van der Waals surface area contributed by atoms with Crippen molar-refractivity contribution in [3.63, 3.8) is 0 Å². The summed E-state index contributed by atoms with van der Waals surface area (Å²) in [6.07, 6.45) is 5.41. The van der Waals surface area contributed by atoms with Crippen LogP contribution in [0.3, 0.4) is 0 Å². The first-order valence-electron chi connectivity index (χ1n) is 3.43. The van der Waals surface area contributed by atoms with Gasteiger partial charge >= 0.3 is 0 Å². The third-order valence-electron chi connectivity index (χ3n) is 1.33. The minimum atomic E-state index is -0.809. The first-order chi connectivity index (χ1) is 5.68. The van der Waals surface area contributed by atoms with Crippen LogP contribution in [0.25, 0.3) is 0 Å². The number of nitrogens with zero attached hydrogens (tertiary/aromatic N) is 1. The molecule has 0 fully saturated rings. The lowest BCUT2D eigenvalue weighted by Crippen LogP contribution is -2.22. The molecule has 1 N–H and O–H groups in total. The minimum Gasteiger partial charge on any atom is -0.376 e. The molecule has 0 aromatic heterocycles. The number of rotatable bonds is 3. The highest BCUT2D eigenvalue weighted by atomic mass is 16.9. The average Bonchev–Trinajstić information content (AvgIpc) is 2.01. The Morgan fingerprint density at radius 1 is 1.75 bits per heavy atom. The van der Waals surface area contributed by atoms with E-state index in [9.17, 15) is 10.1 Å². The third kappa shape index (κ3) is 2.61. The zero-order chi connectivity index (χ0) is 8.97. The van der Waals surface area contributed by atoms with Crippen LogP contribution in [0.4, 0.5) is 0 Å². The molecule has 1 radical (unpaired) electrons. The van der Waals surface area contributed by atoms with Gasteiger partial charge in [-0.1, -0.05) is 12.2 Å². The lowest BCUT2D eigenvalue weighted by molar-refractivity contribution is -0.755. The van der Waals surface area contributed by atoms with E-state index >= 15 is 0 Å². The van der Waals surface area contributed by atoms with Crippen LogP contribution in [0.1, 0.15) is 6.92 Å². The Bertz CT molecular complexity index is 235. The van der Waals surface area contributed by atoms with E-state index < -0.39 is 5.09 Å². The van der Waals surface area contributed by atoms with Crippen LogP contribution >= 0.6 is 0 Å². The van der Waals surface area contributed by atoms with E-state index in [0.29, 0.717) is 5.70 Å². The summed E-state index contributed by atoms with van der Waals surface area (Å²) in [5, 5.41) is 12.0. The van der Waals surface area contributed by atoms with Gasteiger partial charge in [0.15, 0.2) is 0 Å². The topological polar surface area (TPSA) is 64.4 Å². The van der Waals surface area contributed by atoms with Crippen molar-refractivity contribution in [3.8, 4) is 0 Å². The van der Waals surface area contributed by atoms with Crippen molar-refractivity contribution in [1.29, 1.82) is 0 Å². The molecule has 0 amide bonds. The number of hydrogen-bond acceptors (Lipinski definition) is 4. The normalized spacial score (nSPS) is 16.6. The number of nitrogens with one attached hydrogen (secondary N) is 1. The maximum atomic E-state index is 9.83. The predicted molar refractivity (Wildman–Crippen MR) is 42.2 cm³/mol. The minimum absolute atomic E-state index is 0.0331. The zero-order valence-corrected chi connectivity index (χ0v) is 6.61. The fourth-order valence-electron chi connectivity index (χ4n) is 0.852. The van der Waals surface area contributed by atoms with Crippen molar-refractivity contribution in [2.75, 3.05) is 6.61 Å². The van der Waals surface area contributed by atoms with Gasteiger partial charge in [-0.15, -0.1) is 10.1 Å². The van der Waals surface area contributed by atoms with Gasteiger partial charge in [0.25, 0.3) is 5.09 Å². The second-order valence-electron chi connectivity index (χ2n) is 2.36. The molecule has 65 valence electrons. The van der Waals surface area contributed by atoms with E-state index in [0.717, 1.165) is 6.04 Å². The molecule has 12 heavy (non-hydrogen) atoms. The summed E-state index contributed by atoms with van der Waals surface area (Å²) in [6, 6.07) is 0.944. The Kier molecular flexibility index (Phi) is 2.68. The molecule has 0 saturated heterocycles. The van der Waals surface area contributed by atoms with E-state index in [2.05, 4.69) is 10.2 Å². The van der Waals surface area contributed by atoms with Gasteiger partial charge < -0.3 is 10.2 Å². The molecule has 0 unspecified atom stereocenters. The third-order valence-corrected chi connectivity index (χ3v) is 1.33. The average molecular weight is 169 g/mol. The molecule has 0 aliphatic carbocycles. The summed E-state index contributed by atoms with van der Waals surface area (Å²) in [7, 11) is 0. The van der Waals surface area contributed by atoms with Gasteiger partial charge in [0.05, 0.1) is 6.04 Å². The summed E-state index contributed by atoms with van der Waals surface area (Å²) in [4.78, 5) is 14.0. The largest absolute Gasteiger partial charge is 0.376 e. The van der Waals surface area contributed by atoms with Crippen molar-refractivity contribution >= 4 is 0 Å². The monoisotopic (exact) mass is 169 g/mol. The molecular weight excluding hydrogens is 160 g/mol. The lowest BCUT2D eigenvalue weighted by atomic mass is 10.2. The molecule has 1 rings (SSSR count). The van der Waals surface area contributed by atoms with Crippen molar-refractivity contribution in [1.82, 2.24) is 5.32 Å². The SMILES string of the molecule is C[C]1C=CC=C(CO[N+](=O)[O-])N1. The molecule has 1 heterocycles. The van der Waals surface area contributed by atoms with Crippen LogP contribution in [0.15, 0.2) is 23.9 Å². The molecule has 0 aromatic carbocycles. The summed E-state index contributed by atoms with van der Waals surface area (Å²) >= 11 is 0. The number of allylic oxidation sites excluding steroid dienone is 2. The molecule has 0 aromatic rings. The summed E-state index contributed by atoms with van der Waals surface area (Å²) in [6.45, 7) is 1.84. The van der Waals surface area contributed by atoms with Crippen LogP contribution in [0.2, 0.25) is 0 Å². The van der Waals surface area contributed by atoms with Crippen molar-refractivity contribution < 1.29 is 9.92 Å². The van der Waals surface area contributed by atoms with E-state index in [-0.39, 0.29) is 6.61 Å². The molecule has 5 nitrogen and oxygen atoms in total. The van der Waals surface area contributed by atoms with E-state index in [1.54, 1.807) is 6.08 Å². The van der Waals surface area contributed by atoms with Crippen LogP contribution in [-0.2, 0) is 4.84 Å². The van der Waals surface area contributed by atoms with Gasteiger partial charge in [-0.2, -0.15) is 0 Å². The first kappa shape index (κ1) is 8.58. The molecule has 0 spiro atoms. The fraction of sp³-hybridized carbons (Fsp3) is 0.286. The summed E-state index contributed by atoms with van der Waals surface area (Å²) in [5.74, 6) is 0. The lowest BCUT2D eigenvalue weighted by Gasteiger charge is -2.15. The second-order valence-corrected chi connectivity index (χ2v) is 2.36. The van der Waals surface area contributed by atoms with Crippen LogP contribution in [0, 0.1) is 16.2 Å². The quantitative estimate of drug-likeness (QED) is 0.501. The van der Waals surface area contributed by atoms with E-state index in [4.69, 9.17) is 0 Å². The van der Waals surface area contributed by atoms with Crippen LogP contribution < -0.4 is 5.32 Å². The van der Waals surface area contributed by atoms with E-state index in [1.807, 2.05) is 19.1 Å². The van der Waals surface area contributed by atoms with Gasteiger partial charge in [0, 0.05) is 5.70 Å². The Balaban J connectivity index is 2.37. The maximum absolute atomic E-state index is 9.83. The zero-order valence-electron chi connectivity index (χ0n) is 6.61. The Hall–Kier alpha value is -1.52. The fourth-order valence-corrected chi connectivity index (χ4v) is 0.852. The smallest absolute Gasteiger partial charge is 0.294 e. The first-order valence-corrected chi connectivity index (χ1v) is 3.43. The maximum Gasteiger partial charge on any atom is 0.294 e. The number of dihydropyridines is 1. The van der Waals surface area contributed by atoms with Crippen LogP contribution in [-0.4, -0.2) is 11.7 Å². The van der Waals surface area contributed by atoms with Crippen molar-refractivity contribution in [3.05, 3.63) is 40.1 Å². The molecule has 1 aliphatic heterocycles. The highest BCUT2D eigenvalue weighted by Gasteiger charge is 2.06. The van der Waals surface area contributed by atoms with Gasteiger partial charge in [0.1, 0.15) is 6.61 Å². The van der Waals surface area contributed by atoms with Crippen molar-refractivity contribution in [2.24, 2.45) is 0 Å². The van der Waals surface area contributed by atoms with Gasteiger partial charge in [-0.25, -0.2) is 0 Å². The molecule has 0 atom stereocenters. The Labute approximate surface area is 69.8 Å². The van der Waals surface area contributed by atoms with Crippen LogP contribution in [0.5, 0.6) is 0 Å². The molecule has 1 aliphatic rings. The second kappa shape index (κ2) is 3.75. The molecule has 5 heteroatoms. The number of hydrogen-bond donors (Lipinski definition) is 1. The Morgan fingerprint density at radius 2 is 2.50 bits per heavy atom. The van der Waals surface area contributed by atoms with Gasteiger partial charge in [-0.05, 0) is 13.0 Å². The van der Waals surface area contributed by atoms with Crippen molar-refractivity contribution in [2.45, 2.75) is 6.92 Å². The van der Waals surface area contributed by atoms with Gasteiger partial charge in [0.2, 0.25) is 0 Å².